The zero-order valence-electron chi connectivity index (χ0n) is 15.9. The fourth-order valence-electron chi connectivity index (χ4n) is 3.04. The number of hydrogen-bond donors (Lipinski definition) is 0. The molecule has 3 aromatic rings. The van der Waals surface area contributed by atoms with E-state index in [2.05, 4.69) is 10.2 Å². The third-order valence-electron chi connectivity index (χ3n) is 4.35. The molecule has 0 radical (unpaired) electrons. The lowest BCUT2D eigenvalue weighted by molar-refractivity contribution is 0.0728. The van der Waals surface area contributed by atoms with Crippen LogP contribution in [0.2, 0.25) is 5.02 Å². The molecule has 0 aliphatic carbocycles. The number of benzene rings is 1. The largest absolute Gasteiger partial charge is 0.489 e. The molecular formula is C20H20ClN3O5. The number of halogens is 1. The van der Waals surface area contributed by atoms with Gasteiger partial charge in [0.05, 0.1) is 31.0 Å². The quantitative estimate of drug-likeness (QED) is 0.593. The molecule has 0 saturated heterocycles. The van der Waals surface area contributed by atoms with Crippen LogP contribution in [0.15, 0.2) is 39.4 Å². The van der Waals surface area contributed by atoms with Crippen molar-refractivity contribution in [3.05, 3.63) is 47.0 Å². The first-order chi connectivity index (χ1) is 14.2. The number of fused-ring (bicyclic) bond motifs is 1. The molecule has 9 heteroatoms. The number of aromatic nitrogens is 2. The Morgan fingerprint density at radius 2 is 2.10 bits per heavy atom. The average molecular weight is 418 g/mol. The molecule has 4 rings (SSSR count). The van der Waals surface area contributed by atoms with E-state index in [-0.39, 0.29) is 18.3 Å². The Kier molecular flexibility index (Phi) is 5.71. The molecule has 0 spiro atoms. The standard InChI is InChI=1S/C20H20ClN3O5/c1-2-6-24(12-17-22-23-19(29-17)15-5-3-7-26-15)20(25)13-10-14(21)18-16(11-13)27-8-4-9-28-18/h3,5,7,10-11H,2,4,6,8-9,12H2,1H3. The fourth-order valence-corrected chi connectivity index (χ4v) is 3.30. The van der Waals surface area contributed by atoms with E-state index in [1.807, 2.05) is 6.92 Å². The molecule has 0 N–H and O–H groups in total. The smallest absolute Gasteiger partial charge is 0.283 e. The van der Waals surface area contributed by atoms with Gasteiger partial charge in [0.1, 0.15) is 0 Å². The Morgan fingerprint density at radius 3 is 2.90 bits per heavy atom. The van der Waals surface area contributed by atoms with Crippen LogP contribution in [0.1, 0.15) is 36.0 Å². The predicted octanol–water partition coefficient (Wildman–Crippen LogP) is 4.20. The van der Waals surface area contributed by atoms with Crippen molar-refractivity contribution in [2.24, 2.45) is 0 Å². The molecule has 1 aliphatic rings. The summed E-state index contributed by atoms with van der Waals surface area (Å²) in [5, 5.41) is 8.36. The predicted molar refractivity (Wildman–Crippen MR) is 104 cm³/mol. The Hall–Kier alpha value is -3.00. The summed E-state index contributed by atoms with van der Waals surface area (Å²) in [5.41, 5.74) is 0.415. The molecule has 0 saturated carbocycles. The summed E-state index contributed by atoms with van der Waals surface area (Å²) in [6.45, 7) is 3.72. The van der Waals surface area contributed by atoms with Crippen LogP contribution in [0.5, 0.6) is 11.5 Å². The number of carbonyl (C=O) groups excluding carboxylic acids is 1. The van der Waals surface area contributed by atoms with E-state index in [1.54, 1.807) is 29.2 Å². The number of amides is 1. The van der Waals surface area contributed by atoms with Crippen LogP contribution in [0.3, 0.4) is 0 Å². The summed E-state index contributed by atoms with van der Waals surface area (Å²) in [5.74, 6) is 1.82. The van der Waals surface area contributed by atoms with E-state index in [1.165, 1.54) is 6.26 Å². The summed E-state index contributed by atoms with van der Waals surface area (Å²) in [6.07, 6.45) is 3.05. The molecule has 152 valence electrons. The molecule has 0 bridgehead atoms. The third kappa shape index (κ3) is 4.22. The molecule has 0 fully saturated rings. The first kappa shape index (κ1) is 19.3. The third-order valence-corrected chi connectivity index (χ3v) is 4.64. The Labute approximate surface area is 172 Å². The average Bonchev–Trinajstić information content (AvgIpc) is 3.35. The molecule has 1 aromatic carbocycles. The van der Waals surface area contributed by atoms with E-state index < -0.39 is 0 Å². The Balaban J connectivity index is 1.56. The van der Waals surface area contributed by atoms with Gasteiger partial charge < -0.3 is 23.2 Å². The van der Waals surface area contributed by atoms with Crippen LogP contribution in [0, 0.1) is 0 Å². The molecule has 0 atom stereocenters. The maximum Gasteiger partial charge on any atom is 0.283 e. The second kappa shape index (κ2) is 8.57. The van der Waals surface area contributed by atoms with Crippen molar-refractivity contribution < 1.29 is 23.1 Å². The van der Waals surface area contributed by atoms with E-state index in [0.29, 0.717) is 53.5 Å². The number of rotatable bonds is 6. The summed E-state index contributed by atoms with van der Waals surface area (Å²) < 4.78 is 22.2. The number of furan rings is 1. The first-order valence-corrected chi connectivity index (χ1v) is 9.78. The molecule has 8 nitrogen and oxygen atoms in total. The maximum absolute atomic E-state index is 13.2. The van der Waals surface area contributed by atoms with Gasteiger partial charge in [-0.2, -0.15) is 0 Å². The molecule has 2 aromatic heterocycles. The SMILES string of the molecule is CCCN(Cc1nnc(-c2ccco2)o1)C(=O)c1cc(Cl)c2c(c1)OCCCO2. The summed E-state index contributed by atoms with van der Waals surface area (Å²) in [6, 6.07) is 6.73. The van der Waals surface area contributed by atoms with Gasteiger partial charge in [0, 0.05) is 18.5 Å². The van der Waals surface area contributed by atoms with Crippen molar-refractivity contribution >= 4 is 17.5 Å². The van der Waals surface area contributed by atoms with Gasteiger partial charge in [-0.3, -0.25) is 4.79 Å². The van der Waals surface area contributed by atoms with E-state index in [4.69, 9.17) is 29.9 Å². The van der Waals surface area contributed by atoms with Gasteiger partial charge in [-0.25, -0.2) is 0 Å². The molecule has 0 unspecified atom stereocenters. The minimum atomic E-state index is -0.206. The van der Waals surface area contributed by atoms with E-state index >= 15 is 0 Å². The van der Waals surface area contributed by atoms with Gasteiger partial charge in [-0.05, 0) is 30.7 Å². The summed E-state index contributed by atoms with van der Waals surface area (Å²) in [4.78, 5) is 14.8. The van der Waals surface area contributed by atoms with Gasteiger partial charge in [-0.15, -0.1) is 10.2 Å². The summed E-state index contributed by atoms with van der Waals surface area (Å²) in [7, 11) is 0. The summed E-state index contributed by atoms with van der Waals surface area (Å²) >= 11 is 6.34. The van der Waals surface area contributed by atoms with E-state index in [0.717, 1.165) is 12.8 Å². The van der Waals surface area contributed by atoms with Crippen molar-refractivity contribution in [1.82, 2.24) is 15.1 Å². The van der Waals surface area contributed by atoms with Crippen LogP contribution < -0.4 is 9.47 Å². The molecule has 29 heavy (non-hydrogen) atoms. The zero-order chi connectivity index (χ0) is 20.2. The zero-order valence-corrected chi connectivity index (χ0v) is 16.6. The second-order valence-corrected chi connectivity index (χ2v) is 6.95. The number of carbonyl (C=O) groups is 1. The van der Waals surface area contributed by atoms with Crippen LogP contribution in [0.25, 0.3) is 11.7 Å². The van der Waals surface area contributed by atoms with E-state index in [9.17, 15) is 4.79 Å². The van der Waals surface area contributed by atoms with Crippen LogP contribution in [-0.4, -0.2) is 40.8 Å². The van der Waals surface area contributed by atoms with Crippen molar-refractivity contribution in [3.8, 4) is 23.1 Å². The van der Waals surface area contributed by atoms with Crippen LogP contribution in [0.4, 0.5) is 0 Å². The maximum atomic E-state index is 13.2. The highest BCUT2D eigenvalue weighted by Gasteiger charge is 2.23. The first-order valence-electron chi connectivity index (χ1n) is 9.40. The van der Waals surface area contributed by atoms with Crippen LogP contribution in [-0.2, 0) is 6.54 Å². The van der Waals surface area contributed by atoms with Gasteiger partial charge in [0.25, 0.3) is 11.8 Å². The number of nitrogens with zero attached hydrogens (tertiary/aromatic N) is 3. The van der Waals surface area contributed by atoms with Gasteiger partial charge in [0.15, 0.2) is 17.3 Å². The highest BCUT2D eigenvalue weighted by Crippen LogP contribution is 2.38. The lowest BCUT2D eigenvalue weighted by Crippen LogP contribution is -2.31. The van der Waals surface area contributed by atoms with Gasteiger partial charge in [-0.1, -0.05) is 18.5 Å². The second-order valence-electron chi connectivity index (χ2n) is 6.54. The molecular weight excluding hydrogens is 398 g/mol. The Bertz CT molecular complexity index is 986. The van der Waals surface area contributed by atoms with Crippen molar-refractivity contribution in [2.75, 3.05) is 19.8 Å². The minimum Gasteiger partial charge on any atom is -0.489 e. The van der Waals surface area contributed by atoms with Crippen molar-refractivity contribution in [3.63, 3.8) is 0 Å². The molecule has 3 heterocycles. The highest BCUT2D eigenvalue weighted by molar-refractivity contribution is 6.32. The fraction of sp³-hybridized carbons (Fsp3) is 0.350. The number of hydrogen-bond acceptors (Lipinski definition) is 7. The monoisotopic (exact) mass is 417 g/mol. The highest BCUT2D eigenvalue weighted by atomic mass is 35.5. The van der Waals surface area contributed by atoms with Crippen LogP contribution >= 0.6 is 11.6 Å². The minimum absolute atomic E-state index is 0.173. The van der Waals surface area contributed by atoms with Crippen molar-refractivity contribution in [1.29, 1.82) is 0 Å². The van der Waals surface area contributed by atoms with Gasteiger partial charge >= 0.3 is 0 Å². The molecule has 1 amide bonds. The van der Waals surface area contributed by atoms with Crippen molar-refractivity contribution in [2.45, 2.75) is 26.3 Å². The normalized spacial score (nSPS) is 13.2. The molecule has 1 aliphatic heterocycles. The topological polar surface area (TPSA) is 90.8 Å². The number of ether oxygens (including phenoxy) is 2. The lowest BCUT2D eigenvalue weighted by atomic mass is 10.1. The lowest BCUT2D eigenvalue weighted by Gasteiger charge is -2.21. The Morgan fingerprint density at radius 1 is 1.24 bits per heavy atom. The van der Waals surface area contributed by atoms with Gasteiger partial charge in [0.2, 0.25) is 5.89 Å².